The molecule has 1 aromatic rings. The molecule has 0 aromatic carbocycles. The van der Waals surface area contributed by atoms with Crippen molar-refractivity contribution in [1.29, 1.82) is 0 Å². The molecule has 5 heteroatoms. The normalized spacial score (nSPS) is 14.8. The number of nitrogens with one attached hydrogen (secondary N) is 2. The smallest absolute Gasteiger partial charge is 0.255 e. The maximum Gasteiger partial charge on any atom is 0.255 e. The minimum absolute atomic E-state index is 0.0277. The third kappa shape index (κ3) is 3.40. The van der Waals surface area contributed by atoms with Crippen LogP contribution in [0.5, 0.6) is 0 Å². The molecule has 3 N–H and O–H groups in total. The van der Waals surface area contributed by atoms with Crippen molar-refractivity contribution in [1.82, 2.24) is 15.3 Å². The van der Waals surface area contributed by atoms with Gasteiger partial charge >= 0.3 is 0 Å². The average molecular weight is 253 g/mol. The fourth-order valence-corrected chi connectivity index (χ4v) is 2.11. The molecule has 0 saturated heterocycles. The zero-order valence-corrected chi connectivity index (χ0v) is 11.7. The third-order valence-corrected chi connectivity index (χ3v) is 3.16. The van der Waals surface area contributed by atoms with Crippen LogP contribution in [-0.4, -0.2) is 27.7 Å². The van der Waals surface area contributed by atoms with Gasteiger partial charge in [0.25, 0.3) is 5.56 Å². The van der Waals surface area contributed by atoms with Gasteiger partial charge in [0.05, 0.1) is 12.2 Å². The van der Waals surface area contributed by atoms with Crippen LogP contribution in [0.2, 0.25) is 0 Å². The van der Waals surface area contributed by atoms with E-state index in [1.54, 1.807) is 6.92 Å². The van der Waals surface area contributed by atoms with Crippen LogP contribution in [0.3, 0.4) is 0 Å². The molecule has 0 radical (unpaired) electrons. The number of aryl methyl sites for hydroxylation is 2. The van der Waals surface area contributed by atoms with Gasteiger partial charge in [-0.05, 0) is 26.7 Å². The molecule has 0 aliphatic carbocycles. The molecule has 0 amide bonds. The van der Waals surface area contributed by atoms with Crippen LogP contribution >= 0.6 is 0 Å². The zero-order chi connectivity index (χ0) is 13.9. The first kappa shape index (κ1) is 14.9. The van der Waals surface area contributed by atoms with E-state index in [0.717, 1.165) is 5.69 Å². The van der Waals surface area contributed by atoms with Crippen LogP contribution in [0, 0.1) is 19.8 Å². The van der Waals surface area contributed by atoms with E-state index in [2.05, 4.69) is 15.3 Å². The Hall–Kier alpha value is -1.20. The van der Waals surface area contributed by atoms with Gasteiger partial charge in [-0.15, -0.1) is 0 Å². The van der Waals surface area contributed by atoms with Crippen LogP contribution in [-0.2, 0) is 0 Å². The van der Waals surface area contributed by atoms with Gasteiger partial charge < -0.3 is 15.4 Å². The van der Waals surface area contributed by atoms with E-state index in [4.69, 9.17) is 0 Å². The molecule has 0 bridgehead atoms. The van der Waals surface area contributed by atoms with Crippen molar-refractivity contribution in [2.75, 3.05) is 6.61 Å². The molecule has 0 aliphatic rings. The molecule has 5 nitrogen and oxygen atoms in total. The molecule has 102 valence electrons. The third-order valence-electron chi connectivity index (χ3n) is 3.16. The highest BCUT2D eigenvalue weighted by Crippen LogP contribution is 2.13. The Labute approximate surface area is 108 Å². The predicted molar refractivity (Wildman–Crippen MR) is 71.6 cm³/mol. The first-order chi connectivity index (χ1) is 8.36. The summed E-state index contributed by atoms with van der Waals surface area (Å²) < 4.78 is 0. The van der Waals surface area contributed by atoms with Gasteiger partial charge in [0.1, 0.15) is 5.82 Å². The van der Waals surface area contributed by atoms with Crippen LogP contribution in [0.4, 0.5) is 0 Å². The fourth-order valence-electron chi connectivity index (χ4n) is 2.11. The molecule has 2 atom stereocenters. The largest absolute Gasteiger partial charge is 0.395 e. The second-order valence-corrected chi connectivity index (χ2v) is 5.07. The van der Waals surface area contributed by atoms with Gasteiger partial charge in [-0.25, -0.2) is 4.98 Å². The predicted octanol–water partition coefficient (Wildman–Crippen LogP) is 1.05. The summed E-state index contributed by atoms with van der Waals surface area (Å²) in [4.78, 5) is 18.9. The molecule has 0 aliphatic heterocycles. The van der Waals surface area contributed by atoms with Crippen molar-refractivity contribution in [2.45, 2.75) is 46.7 Å². The van der Waals surface area contributed by atoms with E-state index < -0.39 is 0 Å². The molecule has 1 heterocycles. The number of aromatic amines is 1. The monoisotopic (exact) mass is 253 g/mol. The number of H-pyrrole nitrogens is 1. The highest BCUT2D eigenvalue weighted by Gasteiger charge is 2.19. The first-order valence-electron chi connectivity index (χ1n) is 6.31. The highest BCUT2D eigenvalue weighted by atomic mass is 16.3. The summed E-state index contributed by atoms with van der Waals surface area (Å²) in [6, 6.07) is -0.165. The number of aliphatic hydroxyl groups is 1. The van der Waals surface area contributed by atoms with E-state index in [9.17, 15) is 9.90 Å². The van der Waals surface area contributed by atoms with E-state index >= 15 is 0 Å². The summed E-state index contributed by atoms with van der Waals surface area (Å²) in [6.45, 7) is 9.63. The molecule has 1 unspecified atom stereocenters. The Morgan fingerprint density at radius 2 is 1.94 bits per heavy atom. The van der Waals surface area contributed by atoms with Crippen molar-refractivity contribution >= 4 is 0 Å². The number of nitrogens with zero attached hydrogens (tertiary/aromatic N) is 1. The highest BCUT2D eigenvalue weighted by molar-refractivity contribution is 5.20. The molecule has 0 fully saturated rings. The quantitative estimate of drug-likeness (QED) is 0.733. The Kier molecular flexibility index (Phi) is 5.04. The van der Waals surface area contributed by atoms with Crippen molar-refractivity contribution in [2.24, 2.45) is 5.92 Å². The number of hydrogen-bond acceptors (Lipinski definition) is 4. The van der Waals surface area contributed by atoms with Gasteiger partial charge in [0.15, 0.2) is 0 Å². The maximum atomic E-state index is 11.9. The van der Waals surface area contributed by atoms with Crippen molar-refractivity contribution in [3.63, 3.8) is 0 Å². The minimum atomic E-state index is -0.138. The molecule has 1 rings (SSSR count). The van der Waals surface area contributed by atoms with Crippen LogP contribution < -0.4 is 10.9 Å². The number of aliphatic hydroxyl groups excluding tert-OH is 1. The van der Waals surface area contributed by atoms with Gasteiger partial charge in [-0.1, -0.05) is 13.8 Å². The van der Waals surface area contributed by atoms with E-state index in [1.165, 1.54) is 0 Å². The number of aromatic nitrogens is 2. The van der Waals surface area contributed by atoms with Crippen molar-refractivity contribution < 1.29 is 5.11 Å². The molecule has 0 spiro atoms. The zero-order valence-electron chi connectivity index (χ0n) is 11.7. The van der Waals surface area contributed by atoms with Crippen molar-refractivity contribution in [3.05, 3.63) is 27.4 Å². The summed E-state index contributed by atoms with van der Waals surface area (Å²) in [7, 11) is 0. The summed E-state index contributed by atoms with van der Waals surface area (Å²) in [5, 5.41) is 12.6. The summed E-state index contributed by atoms with van der Waals surface area (Å²) in [5.74, 6) is 0.922. The topological polar surface area (TPSA) is 78.0 Å². The number of rotatable bonds is 5. The van der Waals surface area contributed by atoms with Crippen LogP contribution in [0.1, 0.15) is 43.9 Å². The van der Waals surface area contributed by atoms with Crippen LogP contribution in [0.15, 0.2) is 4.79 Å². The molecular formula is C13H23N3O2. The lowest BCUT2D eigenvalue weighted by Gasteiger charge is -2.25. The molecule has 0 saturated carbocycles. The molecule has 1 aromatic heterocycles. The summed E-state index contributed by atoms with van der Waals surface area (Å²) >= 11 is 0. The SMILES string of the molecule is Cc1nc(C)c(C(C)N[C@H](CO)C(C)C)c(=O)[nH]1. The molecular weight excluding hydrogens is 230 g/mol. The standard InChI is InChI=1S/C13H23N3O2/c1-7(2)11(6-17)15-9(4)12-8(3)14-10(5)16-13(12)18/h7,9,11,15,17H,6H2,1-5H3,(H,14,16,18)/t9?,11-/m1/s1. The molecule has 18 heavy (non-hydrogen) atoms. The fraction of sp³-hybridized carbons (Fsp3) is 0.692. The van der Waals surface area contributed by atoms with Gasteiger partial charge in [0.2, 0.25) is 0 Å². The minimum Gasteiger partial charge on any atom is -0.395 e. The Balaban J connectivity index is 2.97. The summed E-state index contributed by atoms with van der Waals surface area (Å²) in [6.07, 6.45) is 0. The number of hydrogen-bond donors (Lipinski definition) is 3. The van der Waals surface area contributed by atoms with E-state index in [1.807, 2.05) is 27.7 Å². The summed E-state index contributed by atoms with van der Waals surface area (Å²) in [5.41, 5.74) is 1.26. The second-order valence-electron chi connectivity index (χ2n) is 5.07. The Bertz CT molecular complexity index is 454. The van der Waals surface area contributed by atoms with Crippen LogP contribution in [0.25, 0.3) is 0 Å². The lowest BCUT2D eigenvalue weighted by atomic mass is 10.0. The first-order valence-corrected chi connectivity index (χ1v) is 6.31. The van der Waals surface area contributed by atoms with Crippen molar-refractivity contribution in [3.8, 4) is 0 Å². The lowest BCUT2D eigenvalue weighted by Crippen LogP contribution is -2.40. The average Bonchev–Trinajstić information content (AvgIpc) is 2.23. The van der Waals surface area contributed by atoms with E-state index in [-0.39, 0.29) is 24.2 Å². The Morgan fingerprint density at radius 3 is 2.39 bits per heavy atom. The van der Waals surface area contributed by atoms with Gasteiger partial charge in [-0.2, -0.15) is 0 Å². The second kappa shape index (κ2) is 6.11. The lowest BCUT2D eigenvalue weighted by molar-refractivity contribution is 0.201. The maximum absolute atomic E-state index is 11.9. The Morgan fingerprint density at radius 1 is 1.33 bits per heavy atom. The van der Waals surface area contributed by atoms with Gasteiger partial charge in [0, 0.05) is 17.8 Å². The van der Waals surface area contributed by atoms with Gasteiger partial charge in [-0.3, -0.25) is 4.79 Å². The van der Waals surface area contributed by atoms with E-state index in [0.29, 0.717) is 17.3 Å².